The van der Waals surface area contributed by atoms with Crippen molar-refractivity contribution in [3.63, 3.8) is 0 Å². The average molecular weight is 333 g/mol. The maximum atomic E-state index is 6.10. The van der Waals surface area contributed by atoms with E-state index < -0.39 is 0 Å². The molecule has 4 rings (SSSR count). The van der Waals surface area contributed by atoms with Gasteiger partial charge in [-0.25, -0.2) is 9.66 Å². The predicted octanol–water partition coefficient (Wildman–Crippen LogP) is 2.75. The van der Waals surface area contributed by atoms with Gasteiger partial charge in [-0.05, 0) is 25.0 Å². The second-order valence-corrected chi connectivity index (χ2v) is 7.13. The molecule has 1 atom stereocenters. The molecule has 0 aliphatic carbocycles. The summed E-state index contributed by atoms with van der Waals surface area (Å²) >= 11 is 3.25. The molecule has 6 nitrogen and oxygen atoms in total. The van der Waals surface area contributed by atoms with Crippen LogP contribution in [0.25, 0.3) is 10.2 Å². The van der Waals surface area contributed by atoms with E-state index in [-0.39, 0.29) is 6.10 Å². The number of nitrogen functional groups attached to an aromatic ring is 1. The van der Waals surface area contributed by atoms with E-state index in [0.29, 0.717) is 11.0 Å². The van der Waals surface area contributed by atoms with Crippen LogP contribution in [0.4, 0.5) is 0 Å². The van der Waals surface area contributed by atoms with Gasteiger partial charge in [-0.3, -0.25) is 0 Å². The number of nitrogens with zero attached hydrogens (tertiary/aromatic N) is 4. The molecule has 114 valence electrons. The van der Waals surface area contributed by atoms with Gasteiger partial charge in [0.15, 0.2) is 5.82 Å². The van der Waals surface area contributed by atoms with Crippen molar-refractivity contribution in [3.05, 3.63) is 35.1 Å². The minimum Gasteiger partial charge on any atom is -0.370 e. The summed E-state index contributed by atoms with van der Waals surface area (Å²) in [6.07, 6.45) is 1.98. The van der Waals surface area contributed by atoms with Gasteiger partial charge in [0, 0.05) is 6.61 Å². The largest absolute Gasteiger partial charge is 0.370 e. The molecule has 1 saturated heterocycles. The molecule has 22 heavy (non-hydrogen) atoms. The summed E-state index contributed by atoms with van der Waals surface area (Å²) in [6, 6.07) is 8.15. The van der Waals surface area contributed by atoms with Crippen molar-refractivity contribution in [1.29, 1.82) is 0 Å². The molecule has 8 heteroatoms. The third-order valence-corrected chi connectivity index (χ3v) is 5.74. The summed E-state index contributed by atoms with van der Waals surface area (Å²) in [4.78, 5) is 4.62. The van der Waals surface area contributed by atoms with E-state index >= 15 is 0 Å². The lowest BCUT2D eigenvalue weighted by Crippen LogP contribution is -2.16. The first-order chi connectivity index (χ1) is 10.8. The standard InChI is InChI=1S/C14H15N5OS2/c15-19-13(10-5-3-7-20-10)17-18-14(19)21-8-12-16-9-4-1-2-6-11(9)22-12/h1-2,4,6,10H,3,5,7-8,15H2/t10-/m0/s1. The second-order valence-electron chi connectivity index (χ2n) is 5.08. The number of fused-ring (bicyclic) bond motifs is 1. The number of benzene rings is 1. The lowest BCUT2D eigenvalue weighted by Gasteiger charge is -2.08. The summed E-state index contributed by atoms with van der Waals surface area (Å²) in [5, 5.41) is 10.1. The quantitative estimate of drug-likeness (QED) is 0.584. The first-order valence-electron chi connectivity index (χ1n) is 7.10. The summed E-state index contributed by atoms with van der Waals surface area (Å²) in [6.45, 7) is 0.770. The molecule has 0 saturated carbocycles. The van der Waals surface area contributed by atoms with Crippen molar-refractivity contribution in [2.24, 2.45) is 0 Å². The molecule has 3 aromatic rings. The molecule has 1 aliphatic heterocycles. The number of rotatable bonds is 4. The zero-order chi connectivity index (χ0) is 14.9. The maximum absolute atomic E-state index is 6.10. The summed E-state index contributed by atoms with van der Waals surface area (Å²) in [5.41, 5.74) is 1.04. The normalized spacial score (nSPS) is 18.3. The zero-order valence-corrected chi connectivity index (χ0v) is 13.4. The topological polar surface area (TPSA) is 78.9 Å². The van der Waals surface area contributed by atoms with Crippen LogP contribution < -0.4 is 5.84 Å². The smallest absolute Gasteiger partial charge is 0.210 e. The number of aromatic nitrogens is 4. The fraction of sp³-hybridized carbons (Fsp3) is 0.357. The average Bonchev–Trinajstić information content (AvgIpc) is 3.24. The van der Waals surface area contributed by atoms with Crippen molar-refractivity contribution in [1.82, 2.24) is 19.9 Å². The highest BCUT2D eigenvalue weighted by Crippen LogP contribution is 2.30. The van der Waals surface area contributed by atoms with E-state index in [1.54, 1.807) is 27.8 Å². The fourth-order valence-electron chi connectivity index (χ4n) is 2.50. The van der Waals surface area contributed by atoms with E-state index in [1.807, 2.05) is 18.2 Å². The van der Waals surface area contributed by atoms with Gasteiger partial charge in [-0.15, -0.1) is 21.5 Å². The van der Waals surface area contributed by atoms with Crippen LogP contribution in [-0.4, -0.2) is 26.5 Å². The lowest BCUT2D eigenvalue weighted by atomic mass is 10.2. The Labute approximate surface area is 135 Å². The van der Waals surface area contributed by atoms with Crippen LogP contribution in [0.3, 0.4) is 0 Å². The number of nitrogens with two attached hydrogens (primary N) is 1. The molecule has 3 heterocycles. The van der Waals surface area contributed by atoms with Crippen molar-refractivity contribution >= 4 is 33.3 Å². The van der Waals surface area contributed by atoms with Crippen molar-refractivity contribution in [2.75, 3.05) is 12.4 Å². The van der Waals surface area contributed by atoms with Crippen LogP contribution in [0.2, 0.25) is 0 Å². The Bertz CT molecular complexity index is 760. The number of hydrogen-bond donors (Lipinski definition) is 1. The van der Waals surface area contributed by atoms with Gasteiger partial charge in [0.25, 0.3) is 0 Å². The van der Waals surface area contributed by atoms with Crippen LogP contribution in [0.1, 0.15) is 29.8 Å². The molecule has 1 aromatic carbocycles. The number of hydrogen-bond acceptors (Lipinski definition) is 7. The van der Waals surface area contributed by atoms with E-state index in [9.17, 15) is 0 Å². The Morgan fingerprint density at radius 3 is 3.09 bits per heavy atom. The number of ether oxygens (including phenoxy) is 1. The van der Waals surface area contributed by atoms with Crippen molar-refractivity contribution in [2.45, 2.75) is 29.9 Å². The third-order valence-electron chi connectivity index (χ3n) is 3.57. The highest BCUT2D eigenvalue weighted by molar-refractivity contribution is 7.98. The molecular weight excluding hydrogens is 318 g/mol. The molecule has 1 fully saturated rings. The highest BCUT2D eigenvalue weighted by atomic mass is 32.2. The Morgan fingerprint density at radius 1 is 1.36 bits per heavy atom. The van der Waals surface area contributed by atoms with Crippen LogP contribution in [0.15, 0.2) is 29.4 Å². The zero-order valence-electron chi connectivity index (χ0n) is 11.8. The molecule has 2 aromatic heterocycles. The van der Waals surface area contributed by atoms with Crippen LogP contribution >= 0.6 is 23.1 Å². The van der Waals surface area contributed by atoms with E-state index in [1.165, 1.54) is 4.70 Å². The van der Waals surface area contributed by atoms with Crippen LogP contribution in [0.5, 0.6) is 0 Å². The molecule has 0 radical (unpaired) electrons. The van der Waals surface area contributed by atoms with Crippen molar-refractivity contribution in [3.8, 4) is 0 Å². The maximum Gasteiger partial charge on any atom is 0.210 e. The fourth-order valence-corrected chi connectivity index (χ4v) is 4.32. The summed E-state index contributed by atoms with van der Waals surface area (Å²) < 4.78 is 8.36. The Hall–Kier alpha value is -1.64. The van der Waals surface area contributed by atoms with Gasteiger partial charge in [-0.1, -0.05) is 23.9 Å². The third kappa shape index (κ3) is 2.57. The Balaban J connectivity index is 1.49. The first-order valence-corrected chi connectivity index (χ1v) is 8.91. The van der Waals surface area contributed by atoms with E-state index in [4.69, 9.17) is 10.6 Å². The molecular formula is C14H15N5OS2. The molecule has 0 amide bonds. The number of thioether (sulfide) groups is 1. The Kier molecular flexibility index (Phi) is 3.73. The van der Waals surface area contributed by atoms with Gasteiger partial charge in [0.1, 0.15) is 11.1 Å². The highest BCUT2D eigenvalue weighted by Gasteiger charge is 2.24. The SMILES string of the molecule is Nn1c(SCc2nc3ccccc3s2)nnc1[C@@H]1CCCO1. The number of thiazole rings is 1. The van der Waals surface area contributed by atoms with E-state index in [0.717, 1.165) is 35.7 Å². The van der Waals surface area contributed by atoms with Crippen molar-refractivity contribution < 1.29 is 4.74 Å². The van der Waals surface area contributed by atoms with Gasteiger partial charge in [0.05, 0.1) is 16.0 Å². The summed E-state index contributed by atoms with van der Waals surface area (Å²) in [7, 11) is 0. The first kappa shape index (κ1) is 14.0. The molecule has 0 spiro atoms. The molecule has 0 bridgehead atoms. The number of para-hydroxylation sites is 1. The van der Waals surface area contributed by atoms with Gasteiger partial charge >= 0.3 is 0 Å². The van der Waals surface area contributed by atoms with Crippen LogP contribution in [-0.2, 0) is 10.5 Å². The van der Waals surface area contributed by atoms with E-state index in [2.05, 4.69) is 21.2 Å². The van der Waals surface area contributed by atoms with Gasteiger partial charge in [-0.2, -0.15) is 0 Å². The molecule has 0 unspecified atom stereocenters. The second kappa shape index (κ2) is 5.86. The monoisotopic (exact) mass is 333 g/mol. The lowest BCUT2D eigenvalue weighted by molar-refractivity contribution is 0.103. The minimum absolute atomic E-state index is 0.0192. The van der Waals surface area contributed by atoms with Gasteiger partial charge in [0.2, 0.25) is 5.16 Å². The van der Waals surface area contributed by atoms with Gasteiger partial charge < -0.3 is 10.6 Å². The van der Waals surface area contributed by atoms with Crippen LogP contribution in [0, 0.1) is 0 Å². The summed E-state index contributed by atoms with van der Waals surface area (Å²) in [5.74, 6) is 7.54. The molecule has 2 N–H and O–H groups in total. The Morgan fingerprint density at radius 2 is 2.27 bits per heavy atom. The molecule has 1 aliphatic rings. The predicted molar refractivity (Wildman–Crippen MR) is 87.3 cm³/mol. The minimum atomic E-state index is -0.0192.